The Hall–Kier alpha value is -2.47. The zero-order valence-electron chi connectivity index (χ0n) is 9.59. The molecule has 0 spiro atoms. The second-order valence-corrected chi connectivity index (χ2v) is 4.16. The number of fused-ring (bicyclic) bond motifs is 1. The Morgan fingerprint density at radius 2 is 2.11 bits per heavy atom. The molecule has 19 heavy (non-hydrogen) atoms. The van der Waals surface area contributed by atoms with Gasteiger partial charge in [0.25, 0.3) is 5.91 Å². The molecule has 2 N–H and O–H groups in total. The number of carbonyl (C=O) groups is 1. The molecule has 0 atom stereocenters. The van der Waals surface area contributed by atoms with Crippen LogP contribution in [0.4, 0.5) is 5.95 Å². The average molecular weight is 274 g/mol. The van der Waals surface area contributed by atoms with Gasteiger partial charge >= 0.3 is 0 Å². The lowest BCUT2D eigenvalue weighted by Crippen LogP contribution is -2.14. The van der Waals surface area contributed by atoms with Crippen molar-refractivity contribution in [1.29, 1.82) is 0 Å². The van der Waals surface area contributed by atoms with E-state index in [1.807, 2.05) is 24.3 Å². The summed E-state index contributed by atoms with van der Waals surface area (Å²) in [5.74, 6) is -0.246. The number of aromatic nitrogens is 4. The van der Waals surface area contributed by atoms with Gasteiger partial charge in [0.2, 0.25) is 5.95 Å². The highest BCUT2D eigenvalue weighted by molar-refractivity contribution is 6.29. The van der Waals surface area contributed by atoms with Gasteiger partial charge in [-0.2, -0.15) is 5.10 Å². The molecule has 3 aromatic rings. The van der Waals surface area contributed by atoms with Gasteiger partial charge in [-0.25, -0.2) is 9.97 Å². The minimum absolute atomic E-state index is 0.143. The van der Waals surface area contributed by atoms with Crippen LogP contribution in [-0.2, 0) is 0 Å². The number of rotatable bonds is 2. The van der Waals surface area contributed by atoms with E-state index in [0.29, 0.717) is 5.69 Å². The SMILES string of the molecule is O=C(Nc1nccc(Cl)n1)c1n[nH]c2ccccc12. The highest BCUT2D eigenvalue weighted by Gasteiger charge is 2.14. The number of H-pyrrole nitrogens is 1. The van der Waals surface area contributed by atoms with Crippen molar-refractivity contribution in [2.24, 2.45) is 0 Å². The van der Waals surface area contributed by atoms with Crippen LogP contribution in [0.1, 0.15) is 10.5 Å². The molecule has 1 amide bonds. The van der Waals surface area contributed by atoms with Crippen molar-refractivity contribution < 1.29 is 4.79 Å². The van der Waals surface area contributed by atoms with Gasteiger partial charge in [-0.1, -0.05) is 29.8 Å². The second-order valence-electron chi connectivity index (χ2n) is 3.77. The highest BCUT2D eigenvalue weighted by Crippen LogP contribution is 2.16. The molecule has 0 aliphatic rings. The summed E-state index contributed by atoms with van der Waals surface area (Å²) < 4.78 is 0. The number of benzene rings is 1. The minimum Gasteiger partial charge on any atom is -0.289 e. The third kappa shape index (κ3) is 2.25. The topological polar surface area (TPSA) is 83.6 Å². The van der Waals surface area contributed by atoms with Crippen LogP contribution < -0.4 is 5.32 Å². The molecule has 0 aliphatic heterocycles. The maximum atomic E-state index is 12.1. The third-order valence-electron chi connectivity index (χ3n) is 2.53. The van der Waals surface area contributed by atoms with Gasteiger partial charge in [0.15, 0.2) is 5.69 Å². The van der Waals surface area contributed by atoms with Crippen molar-refractivity contribution in [1.82, 2.24) is 20.2 Å². The van der Waals surface area contributed by atoms with Crippen LogP contribution in [0.25, 0.3) is 10.9 Å². The van der Waals surface area contributed by atoms with E-state index in [2.05, 4.69) is 25.5 Å². The largest absolute Gasteiger partial charge is 0.289 e. The Kier molecular flexibility index (Phi) is 2.85. The molecule has 1 aromatic carbocycles. The predicted octanol–water partition coefficient (Wildman–Crippen LogP) is 2.26. The smallest absolute Gasteiger partial charge is 0.279 e. The third-order valence-corrected chi connectivity index (χ3v) is 2.74. The summed E-state index contributed by atoms with van der Waals surface area (Å²) in [5.41, 5.74) is 1.08. The van der Waals surface area contributed by atoms with Crippen LogP contribution >= 0.6 is 11.6 Å². The van der Waals surface area contributed by atoms with Crippen LogP contribution in [0.2, 0.25) is 5.15 Å². The van der Waals surface area contributed by atoms with Crippen LogP contribution in [-0.4, -0.2) is 26.1 Å². The first-order chi connectivity index (χ1) is 9.24. The highest BCUT2D eigenvalue weighted by atomic mass is 35.5. The molecule has 2 aromatic heterocycles. The van der Waals surface area contributed by atoms with Crippen LogP contribution in [0.15, 0.2) is 36.5 Å². The maximum Gasteiger partial charge on any atom is 0.279 e. The zero-order chi connectivity index (χ0) is 13.2. The van der Waals surface area contributed by atoms with Crippen molar-refractivity contribution in [2.45, 2.75) is 0 Å². The van der Waals surface area contributed by atoms with E-state index in [1.165, 1.54) is 12.3 Å². The molecule has 0 radical (unpaired) electrons. The zero-order valence-corrected chi connectivity index (χ0v) is 10.3. The Morgan fingerprint density at radius 3 is 2.95 bits per heavy atom. The molecule has 0 fully saturated rings. The number of amides is 1. The van der Waals surface area contributed by atoms with Gasteiger partial charge in [-0.3, -0.25) is 15.2 Å². The number of aromatic amines is 1. The summed E-state index contributed by atoms with van der Waals surface area (Å²) >= 11 is 5.72. The lowest BCUT2D eigenvalue weighted by molar-refractivity contribution is 0.102. The van der Waals surface area contributed by atoms with E-state index in [4.69, 9.17) is 11.6 Å². The van der Waals surface area contributed by atoms with Gasteiger partial charge in [0.05, 0.1) is 5.52 Å². The summed E-state index contributed by atoms with van der Waals surface area (Å²) in [6.45, 7) is 0. The number of hydrogen-bond acceptors (Lipinski definition) is 4. The fraction of sp³-hybridized carbons (Fsp3) is 0. The van der Waals surface area contributed by atoms with E-state index in [0.717, 1.165) is 10.9 Å². The quantitative estimate of drug-likeness (QED) is 0.702. The fourth-order valence-corrected chi connectivity index (χ4v) is 1.83. The van der Waals surface area contributed by atoms with Gasteiger partial charge < -0.3 is 0 Å². The van der Waals surface area contributed by atoms with Crippen LogP contribution in [0.3, 0.4) is 0 Å². The van der Waals surface area contributed by atoms with Crippen molar-refractivity contribution in [3.8, 4) is 0 Å². The maximum absolute atomic E-state index is 12.1. The van der Waals surface area contributed by atoms with E-state index in [-0.39, 0.29) is 17.0 Å². The van der Waals surface area contributed by atoms with E-state index < -0.39 is 0 Å². The number of anilines is 1. The fourth-order valence-electron chi connectivity index (χ4n) is 1.69. The Labute approximate surface area is 112 Å². The van der Waals surface area contributed by atoms with Crippen molar-refractivity contribution in [2.75, 3.05) is 5.32 Å². The van der Waals surface area contributed by atoms with Crippen LogP contribution in [0, 0.1) is 0 Å². The lowest BCUT2D eigenvalue weighted by Gasteiger charge is -2.01. The molecule has 6 nitrogen and oxygen atoms in total. The van der Waals surface area contributed by atoms with Crippen LogP contribution in [0.5, 0.6) is 0 Å². The standard InChI is InChI=1S/C12H8ClN5O/c13-9-5-6-14-12(15-9)16-11(19)10-7-3-1-2-4-8(7)17-18-10/h1-6H,(H,17,18)(H,14,15,16,19). The van der Waals surface area contributed by atoms with Gasteiger partial charge in [0, 0.05) is 11.6 Å². The number of carbonyl (C=O) groups excluding carboxylic acids is 1. The lowest BCUT2D eigenvalue weighted by atomic mass is 10.2. The molecule has 0 bridgehead atoms. The Morgan fingerprint density at radius 1 is 1.26 bits per heavy atom. The molecule has 0 aliphatic carbocycles. The normalized spacial score (nSPS) is 10.6. The predicted molar refractivity (Wildman–Crippen MR) is 71.1 cm³/mol. The molecule has 0 saturated carbocycles. The van der Waals surface area contributed by atoms with E-state index >= 15 is 0 Å². The number of para-hydroxylation sites is 1. The summed E-state index contributed by atoms with van der Waals surface area (Å²) in [6.07, 6.45) is 1.47. The van der Waals surface area contributed by atoms with Crippen molar-refractivity contribution in [3.05, 3.63) is 47.4 Å². The van der Waals surface area contributed by atoms with Crippen molar-refractivity contribution >= 4 is 34.4 Å². The number of nitrogens with one attached hydrogen (secondary N) is 2. The number of halogens is 1. The second kappa shape index (κ2) is 4.66. The van der Waals surface area contributed by atoms with Gasteiger partial charge in [0.1, 0.15) is 5.15 Å². The first-order valence-electron chi connectivity index (χ1n) is 5.47. The molecular weight excluding hydrogens is 266 g/mol. The number of nitrogens with zero attached hydrogens (tertiary/aromatic N) is 3. The first-order valence-corrected chi connectivity index (χ1v) is 5.85. The minimum atomic E-state index is -0.389. The molecule has 2 heterocycles. The molecule has 0 saturated heterocycles. The number of hydrogen-bond donors (Lipinski definition) is 2. The first kappa shape index (κ1) is 11.6. The van der Waals surface area contributed by atoms with E-state index in [9.17, 15) is 4.79 Å². The molecular formula is C12H8ClN5O. The average Bonchev–Trinajstić information content (AvgIpc) is 2.82. The van der Waals surface area contributed by atoms with E-state index in [1.54, 1.807) is 0 Å². The molecule has 0 unspecified atom stereocenters. The summed E-state index contributed by atoms with van der Waals surface area (Å²) in [6, 6.07) is 8.88. The van der Waals surface area contributed by atoms with Gasteiger partial charge in [-0.15, -0.1) is 0 Å². The Bertz CT molecular complexity index is 754. The molecule has 94 valence electrons. The Balaban J connectivity index is 1.92. The molecule has 3 rings (SSSR count). The summed E-state index contributed by atoms with van der Waals surface area (Å²) in [5, 5.41) is 10.3. The summed E-state index contributed by atoms with van der Waals surface area (Å²) in [7, 11) is 0. The van der Waals surface area contributed by atoms with Gasteiger partial charge in [-0.05, 0) is 12.1 Å². The summed E-state index contributed by atoms with van der Waals surface area (Å²) in [4.78, 5) is 19.9. The monoisotopic (exact) mass is 273 g/mol. The molecule has 7 heteroatoms. The van der Waals surface area contributed by atoms with Crippen molar-refractivity contribution in [3.63, 3.8) is 0 Å².